The molecule has 1 fully saturated rings. The maximum Gasteiger partial charge on any atom is 0.416 e. The minimum absolute atomic E-state index is 0.0669. The molecule has 1 aliphatic rings. The van der Waals surface area contributed by atoms with E-state index >= 15 is 0 Å². The van der Waals surface area contributed by atoms with Crippen molar-refractivity contribution in [2.24, 2.45) is 0 Å². The van der Waals surface area contributed by atoms with Gasteiger partial charge in [-0.2, -0.15) is 13.2 Å². The Hall–Kier alpha value is -1.80. The molecule has 8 heteroatoms. The molecule has 0 bridgehead atoms. The zero-order valence-electron chi connectivity index (χ0n) is 15.8. The number of piperazine rings is 1. The molecule has 0 unspecified atom stereocenters. The fourth-order valence-corrected chi connectivity index (χ4v) is 3.09. The maximum atomic E-state index is 12.7. The van der Waals surface area contributed by atoms with Crippen LogP contribution >= 0.6 is 0 Å². The molecule has 2 N–H and O–H groups in total. The molecule has 2 amide bonds. The van der Waals surface area contributed by atoms with Crippen LogP contribution in [-0.4, -0.2) is 61.6 Å². The normalized spacial score (nSPS) is 16.3. The lowest BCUT2D eigenvalue weighted by Gasteiger charge is -2.33. The minimum Gasteiger partial charge on any atom is -0.338 e. The third-order valence-electron chi connectivity index (χ3n) is 4.81. The molecule has 5 nitrogen and oxygen atoms in total. The van der Waals surface area contributed by atoms with Crippen molar-refractivity contribution < 1.29 is 18.0 Å². The molecule has 2 rings (SSSR count). The molecule has 1 aliphatic heterocycles. The van der Waals surface area contributed by atoms with Crippen LogP contribution in [0.3, 0.4) is 0 Å². The standard InChI is InChI=1S/C19H29F3N4O/c1-2-25-10-12-26(13-11-25)9-4-3-8-23-18(27)24-15-16-6-5-7-17(14-16)19(20,21)22/h5-7,14H,2-4,8-13,15H2,1H3,(H2,23,24,27). The van der Waals surface area contributed by atoms with Crippen LogP contribution in [-0.2, 0) is 12.7 Å². The smallest absolute Gasteiger partial charge is 0.338 e. The molecule has 0 aliphatic carbocycles. The number of benzene rings is 1. The van der Waals surface area contributed by atoms with Crippen molar-refractivity contribution in [1.82, 2.24) is 20.4 Å². The van der Waals surface area contributed by atoms with Gasteiger partial charge in [0.25, 0.3) is 0 Å². The van der Waals surface area contributed by atoms with Crippen molar-refractivity contribution in [3.05, 3.63) is 35.4 Å². The van der Waals surface area contributed by atoms with Crippen molar-refractivity contribution in [2.45, 2.75) is 32.5 Å². The van der Waals surface area contributed by atoms with E-state index in [0.717, 1.165) is 64.2 Å². The number of carbonyl (C=O) groups is 1. The van der Waals surface area contributed by atoms with E-state index in [1.165, 1.54) is 6.07 Å². The molecule has 152 valence electrons. The predicted octanol–water partition coefficient (Wildman–Crippen LogP) is 2.92. The summed E-state index contributed by atoms with van der Waals surface area (Å²) >= 11 is 0. The number of carbonyl (C=O) groups excluding carboxylic acids is 1. The molecule has 1 aromatic rings. The molecule has 0 radical (unpaired) electrons. The van der Waals surface area contributed by atoms with Gasteiger partial charge in [-0.05, 0) is 43.6 Å². The first kappa shape index (κ1) is 21.5. The first-order valence-electron chi connectivity index (χ1n) is 9.51. The number of rotatable bonds is 8. The number of halogens is 3. The number of urea groups is 1. The zero-order chi connectivity index (χ0) is 19.7. The summed E-state index contributed by atoms with van der Waals surface area (Å²) in [4.78, 5) is 16.7. The molecule has 27 heavy (non-hydrogen) atoms. The van der Waals surface area contributed by atoms with Gasteiger partial charge in [-0.15, -0.1) is 0 Å². The Kier molecular flexibility index (Phi) is 8.37. The van der Waals surface area contributed by atoms with Gasteiger partial charge in [-0.1, -0.05) is 19.1 Å². The van der Waals surface area contributed by atoms with Crippen LogP contribution < -0.4 is 10.6 Å². The number of hydrogen-bond acceptors (Lipinski definition) is 3. The Morgan fingerprint density at radius 2 is 1.78 bits per heavy atom. The average molecular weight is 386 g/mol. The van der Waals surface area contributed by atoms with E-state index in [2.05, 4.69) is 27.4 Å². The van der Waals surface area contributed by atoms with Gasteiger partial charge >= 0.3 is 12.2 Å². The first-order chi connectivity index (χ1) is 12.9. The monoisotopic (exact) mass is 386 g/mol. The fourth-order valence-electron chi connectivity index (χ4n) is 3.09. The van der Waals surface area contributed by atoms with E-state index in [4.69, 9.17) is 0 Å². The van der Waals surface area contributed by atoms with Crippen LogP contribution in [0.15, 0.2) is 24.3 Å². The SMILES string of the molecule is CCN1CCN(CCCCNC(=O)NCc2cccc(C(F)(F)F)c2)CC1. The summed E-state index contributed by atoms with van der Waals surface area (Å²) in [5.74, 6) is 0. The maximum absolute atomic E-state index is 12.7. The summed E-state index contributed by atoms with van der Waals surface area (Å²) in [7, 11) is 0. The van der Waals surface area contributed by atoms with Gasteiger partial charge in [0, 0.05) is 39.3 Å². The minimum atomic E-state index is -4.37. The van der Waals surface area contributed by atoms with Crippen LogP contribution in [0, 0.1) is 0 Å². The Morgan fingerprint density at radius 1 is 1.07 bits per heavy atom. The van der Waals surface area contributed by atoms with Gasteiger partial charge in [0.15, 0.2) is 0 Å². The molecule has 0 atom stereocenters. The van der Waals surface area contributed by atoms with E-state index in [1.54, 1.807) is 6.07 Å². The number of likely N-dealkylation sites (N-methyl/N-ethyl adjacent to an activating group) is 1. The van der Waals surface area contributed by atoms with Crippen molar-refractivity contribution in [3.8, 4) is 0 Å². The van der Waals surface area contributed by atoms with E-state index in [-0.39, 0.29) is 12.6 Å². The lowest BCUT2D eigenvalue weighted by atomic mass is 10.1. The summed E-state index contributed by atoms with van der Waals surface area (Å²) < 4.78 is 38.0. The number of nitrogens with one attached hydrogen (secondary N) is 2. The second-order valence-electron chi connectivity index (χ2n) is 6.79. The highest BCUT2D eigenvalue weighted by Crippen LogP contribution is 2.29. The van der Waals surface area contributed by atoms with Crippen molar-refractivity contribution >= 4 is 6.03 Å². The second kappa shape index (κ2) is 10.5. The van der Waals surface area contributed by atoms with Crippen molar-refractivity contribution in [3.63, 3.8) is 0 Å². The third-order valence-corrected chi connectivity index (χ3v) is 4.81. The predicted molar refractivity (Wildman–Crippen MR) is 99.5 cm³/mol. The van der Waals surface area contributed by atoms with Crippen LogP contribution in [0.5, 0.6) is 0 Å². The van der Waals surface area contributed by atoms with E-state index in [9.17, 15) is 18.0 Å². The summed E-state index contributed by atoms with van der Waals surface area (Å²) in [6.45, 7) is 9.37. The Labute approximate surface area is 158 Å². The summed E-state index contributed by atoms with van der Waals surface area (Å²) in [6, 6.07) is 4.62. The Balaban J connectivity index is 1.56. The van der Waals surface area contributed by atoms with Crippen molar-refractivity contribution in [1.29, 1.82) is 0 Å². The summed E-state index contributed by atoms with van der Waals surface area (Å²) in [5, 5.41) is 5.35. The summed E-state index contributed by atoms with van der Waals surface area (Å²) in [5.41, 5.74) is -0.284. The van der Waals surface area contributed by atoms with E-state index in [0.29, 0.717) is 12.1 Å². The molecule has 0 spiro atoms. The van der Waals surface area contributed by atoms with Crippen LogP contribution in [0.1, 0.15) is 30.9 Å². The molecule has 0 saturated carbocycles. The quantitative estimate of drug-likeness (QED) is 0.676. The van der Waals surface area contributed by atoms with Gasteiger partial charge in [0.2, 0.25) is 0 Å². The number of nitrogens with zero attached hydrogens (tertiary/aromatic N) is 2. The molecule has 1 aromatic carbocycles. The molecular weight excluding hydrogens is 357 g/mol. The number of hydrogen-bond donors (Lipinski definition) is 2. The number of amides is 2. The topological polar surface area (TPSA) is 47.6 Å². The van der Waals surface area contributed by atoms with Gasteiger partial charge in [-0.3, -0.25) is 0 Å². The lowest BCUT2D eigenvalue weighted by Crippen LogP contribution is -2.46. The highest BCUT2D eigenvalue weighted by Gasteiger charge is 2.30. The van der Waals surface area contributed by atoms with Gasteiger partial charge in [0.05, 0.1) is 5.56 Å². The highest BCUT2D eigenvalue weighted by molar-refractivity contribution is 5.73. The largest absolute Gasteiger partial charge is 0.416 e. The number of alkyl halides is 3. The summed E-state index contributed by atoms with van der Waals surface area (Å²) in [6.07, 6.45) is -2.48. The molecule has 1 saturated heterocycles. The molecular formula is C19H29F3N4O. The van der Waals surface area contributed by atoms with Crippen LogP contribution in [0.2, 0.25) is 0 Å². The van der Waals surface area contributed by atoms with E-state index < -0.39 is 11.7 Å². The van der Waals surface area contributed by atoms with Crippen LogP contribution in [0.4, 0.5) is 18.0 Å². The highest BCUT2D eigenvalue weighted by atomic mass is 19.4. The average Bonchev–Trinajstić information content (AvgIpc) is 2.66. The number of unbranched alkanes of at least 4 members (excludes halogenated alkanes) is 1. The Bertz CT molecular complexity index is 587. The van der Waals surface area contributed by atoms with E-state index in [1.807, 2.05) is 0 Å². The zero-order valence-corrected chi connectivity index (χ0v) is 15.8. The molecule has 1 heterocycles. The van der Waals surface area contributed by atoms with Gasteiger partial charge in [-0.25, -0.2) is 4.79 Å². The lowest BCUT2D eigenvalue weighted by molar-refractivity contribution is -0.137. The molecule has 0 aromatic heterocycles. The fraction of sp³-hybridized carbons (Fsp3) is 0.632. The van der Waals surface area contributed by atoms with Gasteiger partial charge in [0.1, 0.15) is 0 Å². The van der Waals surface area contributed by atoms with Gasteiger partial charge < -0.3 is 20.4 Å². The second-order valence-corrected chi connectivity index (χ2v) is 6.79. The third kappa shape index (κ3) is 7.76. The first-order valence-corrected chi connectivity index (χ1v) is 9.51. The Morgan fingerprint density at radius 3 is 2.44 bits per heavy atom. The van der Waals surface area contributed by atoms with Crippen LogP contribution in [0.25, 0.3) is 0 Å². The van der Waals surface area contributed by atoms with Crippen molar-refractivity contribution in [2.75, 3.05) is 45.8 Å².